The van der Waals surface area contributed by atoms with Gasteiger partial charge in [0.05, 0.1) is 6.54 Å². The molecule has 0 saturated heterocycles. The SMILES string of the molecule is CSc1ccc(Cn2cnc(OCc3ccccc3)c(Br)c2=O)cc1. The Morgan fingerprint density at radius 1 is 1.08 bits per heavy atom. The number of nitrogens with zero attached hydrogens (tertiary/aromatic N) is 2. The van der Waals surface area contributed by atoms with Gasteiger partial charge in [0, 0.05) is 4.90 Å². The molecule has 0 spiro atoms. The molecule has 0 aliphatic carbocycles. The number of thioether (sulfide) groups is 1. The molecule has 0 aliphatic rings. The van der Waals surface area contributed by atoms with Gasteiger partial charge in [0.2, 0.25) is 5.88 Å². The Bertz CT molecular complexity index is 896. The van der Waals surface area contributed by atoms with Gasteiger partial charge in [-0.25, -0.2) is 4.98 Å². The van der Waals surface area contributed by atoms with Gasteiger partial charge in [-0.2, -0.15) is 0 Å². The number of benzene rings is 2. The molecule has 0 unspecified atom stereocenters. The predicted octanol–water partition coefficient (Wildman–Crippen LogP) is 4.36. The zero-order valence-corrected chi connectivity index (χ0v) is 16.1. The van der Waals surface area contributed by atoms with Gasteiger partial charge >= 0.3 is 0 Å². The monoisotopic (exact) mass is 416 g/mol. The van der Waals surface area contributed by atoms with Gasteiger partial charge in [-0.15, -0.1) is 11.8 Å². The summed E-state index contributed by atoms with van der Waals surface area (Å²) in [6, 6.07) is 17.9. The molecule has 0 aliphatic heterocycles. The van der Waals surface area contributed by atoms with Crippen molar-refractivity contribution >= 4 is 27.7 Å². The zero-order chi connectivity index (χ0) is 17.6. The summed E-state index contributed by atoms with van der Waals surface area (Å²) < 4.78 is 7.57. The Hall–Kier alpha value is -2.05. The molecular formula is C19H17BrN2O2S. The summed E-state index contributed by atoms with van der Waals surface area (Å²) in [5, 5.41) is 0. The Morgan fingerprint density at radius 3 is 2.48 bits per heavy atom. The summed E-state index contributed by atoms with van der Waals surface area (Å²) in [6.07, 6.45) is 3.56. The van der Waals surface area contributed by atoms with E-state index in [1.807, 2.05) is 60.9 Å². The molecule has 128 valence electrons. The summed E-state index contributed by atoms with van der Waals surface area (Å²) >= 11 is 5.01. The lowest BCUT2D eigenvalue weighted by molar-refractivity contribution is 0.289. The molecule has 0 bridgehead atoms. The lowest BCUT2D eigenvalue weighted by atomic mass is 10.2. The average Bonchev–Trinajstić information content (AvgIpc) is 2.66. The maximum atomic E-state index is 12.5. The second-order valence-electron chi connectivity index (χ2n) is 5.42. The Balaban J connectivity index is 1.74. The Kier molecular flexibility index (Phi) is 5.94. The van der Waals surface area contributed by atoms with E-state index in [1.165, 1.54) is 11.2 Å². The molecule has 6 heteroatoms. The van der Waals surface area contributed by atoms with Gasteiger partial charge in [-0.3, -0.25) is 9.36 Å². The van der Waals surface area contributed by atoms with Crippen LogP contribution in [0.15, 0.2) is 75.1 Å². The predicted molar refractivity (Wildman–Crippen MR) is 104 cm³/mol. The summed E-state index contributed by atoms with van der Waals surface area (Å²) in [4.78, 5) is 18.0. The van der Waals surface area contributed by atoms with Crippen LogP contribution >= 0.6 is 27.7 Å². The van der Waals surface area contributed by atoms with Gasteiger partial charge in [0.15, 0.2) is 0 Å². The van der Waals surface area contributed by atoms with Crippen molar-refractivity contribution in [1.29, 1.82) is 0 Å². The Labute approximate surface area is 159 Å². The molecule has 25 heavy (non-hydrogen) atoms. The molecule has 2 aromatic carbocycles. The molecule has 0 amide bonds. The average molecular weight is 417 g/mol. The number of ether oxygens (including phenoxy) is 1. The third kappa shape index (κ3) is 4.52. The fraction of sp³-hybridized carbons (Fsp3) is 0.158. The molecule has 0 atom stereocenters. The number of halogens is 1. The normalized spacial score (nSPS) is 10.6. The van der Waals surface area contributed by atoms with Gasteiger partial charge in [0.1, 0.15) is 17.4 Å². The summed E-state index contributed by atoms with van der Waals surface area (Å²) in [5.74, 6) is 0.308. The standard InChI is InChI=1S/C19H17BrN2O2S/c1-25-16-9-7-14(8-10-16)11-22-13-21-18(17(20)19(22)23)24-12-15-5-3-2-4-6-15/h2-10,13H,11-12H2,1H3. The highest BCUT2D eigenvalue weighted by Gasteiger charge is 2.11. The summed E-state index contributed by atoms with van der Waals surface area (Å²) in [6.45, 7) is 0.837. The number of hydrogen-bond acceptors (Lipinski definition) is 4. The minimum absolute atomic E-state index is 0.160. The molecule has 3 rings (SSSR count). The number of rotatable bonds is 6. The first-order valence-corrected chi connectivity index (χ1v) is 9.74. The van der Waals surface area contributed by atoms with Gasteiger partial charge in [0.25, 0.3) is 5.56 Å². The third-order valence-electron chi connectivity index (χ3n) is 3.68. The van der Waals surface area contributed by atoms with Crippen molar-refractivity contribution in [1.82, 2.24) is 9.55 Å². The van der Waals surface area contributed by atoms with Crippen molar-refractivity contribution < 1.29 is 4.74 Å². The molecule has 1 heterocycles. The van der Waals surface area contributed by atoms with Crippen LogP contribution in [0.3, 0.4) is 0 Å². The van der Waals surface area contributed by atoms with E-state index in [0.29, 0.717) is 23.5 Å². The van der Waals surface area contributed by atoms with Crippen LogP contribution in [0.25, 0.3) is 0 Å². The van der Waals surface area contributed by atoms with Crippen LogP contribution in [0, 0.1) is 0 Å². The minimum Gasteiger partial charge on any atom is -0.472 e. The van der Waals surface area contributed by atoms with Gasteiger partial charge in [-0.05, 0) is 45.4 Å². The Morgan fingerprint density at radius 2 is 1.80 bits per heavy atom. The summed E-state index contributed by atoms with van der Waals surface area (Å²) in [5.41, 5.74) is 1.91. The van der Waals surface area contributed by atoms with Crippen molar-refractivity contribution in [2.75, 3.05) is 6.26 Å². The second-order valence-corrected chi connectivity index (χ2v) is 7.09. The van der Waals surface area contributed by atoms with E-state index in [4.69, 9.17) is 4.74 Å². The van der Waals surface area contributed by atoms with Gasteiger partial charge in [-0.1, -0.05) is 42.5 Å². The molecule has 0 radical (unpaired) electrons. The number of hydrogen-bond donors (Lipinski definition) is 0. The smallest absolute Gasteiger partial charge is 0.271 e. The van der Waals surface area contributed by atoms with Crippen LogP contribution in [0.5, 0.6) is 5.88 Å². The molecule has 0 saturated carbocycles. The first-order chi connectivity index (χ1) is 12.2. The van der Waals surface area contributed by atoms with Crippen molar-refractivity contribution in [2.45, 2.75) is 18.0 Å². The van der Waals surface area contributed by atoms with E-state index in [9.17, 15) is 4.79 Å². The summed E-state index contributed by atoms with van der Waals surface area (Å²) in [7, 11) is 0. The van der Waals surface area contributed by atoms with Crippen LogP contribution in [-0.2, 0) is 13.2 Å². The molecule has 4 nitrogen and oxygen atoms in total. The van der Waals surface area contributed by atoms with Crippen LogP contribution in [0.4, 0.5) is 0 Å². The molecule has 0 N–H and O–H groups in total. The van der Waals surface area contributed by atoms with E-state index in [0.717, 1.165) is 11.1 Å². The highest BCUT2D eigenvalue weighted by molar-refractivity contribution is 9.10. The zero-order valence-electron chi connectivity index (χ0n) is 13.7. The fourth-order valence-corrected chi connectivity index (χ4v) is 3.17. The van der Waals surface area contributed by atoms with E-state index >= 15 is 0 Å². The van der Waals surface area contributed by atoms with E-state index < -0.39 is 0 Å². The van der Waals surface area contributed by atoms with Crippen molar-refractivity contribution in [3.05, 3.63) is 86.9 Å². The van der Waals surface area contributed by atoms with Crippen molar-refractivity contribution in [2.24, 2.45) is 0 Å². The maximum Gasteiger partial charge on any atom is 0.271 e. The van der Waals surface area contributed by atoms with Crippen molar-refractivity contribution in [3.63, 3.8) is 0 Å². The highest BCUT2D eigenvalue weighted by atomic mass is 79.9. The van der Waals surface area contributed by atoms with Crippen LogP contribution in [0.1, 0.15) is 11.1 Å². The first-order valence-electron chi connectivity index (χ1n) is 7.72. The molecule has 3 aromatic rings. The van der Waals surface area contributed by atoms with E-state index in [1.54, 1.807) is 16.3 Å². The van der Waals surface area contributed by atoms with E-state index in [2.05, 4.69) is 20.9 Å². The van der Waals surface area contributed by atoms with Crippen LogP contribution in [-0.4, -0.2) is 15.8 Å². The largest absolute Gasteiger partial charge is 0.472 e. The van der Waals surface area contributed by atoms with Crippen LogP contribution in [0.2, 0.25) is 0 Å². The third-order valence-corrected chi connectivity index (χ3v) is 5.10. The quantitative estimate of drug-likeness (QED) is 0.560. The highest BCUT2D eigenvalue weighted by Crippen LogP contribution is 2.19. The van der Waals surface area contributed by atoms with Crippen molar-refractivity contribution in [3.8, 4) is 5.88 Å². The lowest BCUT2D eigenvalue weighted by Gasteiger charge is -2.10. The maximum absolute atomic E-state index is 12.5. The molecule has 0 fully saturated rings. The number of aromatic nitrogens is 2. The van der Waals surface area contributed by atoms with E-state index in [-0.39, 0.29) is 5.56 Å². The minimum atomic E-state index is -0.160. The molecule has 1 aromatic heterocycles. The topological polar surface area (TPSA) is 44.1 Å². The molecular weight excluding hydrogens is 400 g/mol. The lowest BCUT2D eigenvalue weighted by Crippen LogP contribution is -2.22. The van der Waals surface area contributed by atoms with Gasteiger partial charge < -0.3 is 4.74 Å². The fourth-order valence-electron chi connectivity index (χ4n) is 2.32. The van der Waals surface area contributed by atoms with Crippen LogP contribution < -0.4 is 10.3 Å². The second kappa shape index (κ2) is 8.36. The first kappa shape index (κ1) is 17.8.